The molecule has 0 N–H and O–H groups in total. The van der Waals surface area contributed by atoms with Gasteiger partial charge in [0, 0.05) is 11.4 Å². The third-order valence-corrected chi connectivity index (χ3v) is 5.46. The molecule has 2 aromatic rings. The lowest BCUT2D eigenvalue weighted by Gasteiger charge is -2.33. The van der Waals surface area contributed by atoms with Crippen LogP contribution in [0.3, 0.4) is 0 Å². The maximum Gasteiger partial charge on any atom is 0.210 e. The number of hydrogen-bond acceptors (Lipinski definition) is 3. The van der Waals surface area contributed by atoms with Gasteiger partial charge in [-0.05, 0) is 24.3 Å². The van der Waals surface area contributed by atoms with Gasteiger partial charge in [-0.3, -0.25) is 0 Å². The summed E-state index contributed by atoms with van der Waals surface area (Å²) < 4.78 is 25.4. The number of para-hydroxylation sites is 2. The summed E-state index contributed by atoms with van der Waals surface area (Å²) >= 11 is 3.55. The lowest BCUT2D eigenvalue weighted by molar-refractivity contribution is 0.594. The molecule has 104 valence electrons. The Morgan fingerprint density at radius 3 is 1.90 bits per heavy atom. The Kier molecular flexibility index (Phi) is 3.34. The molecular formula is C15H14BrNO2S. The molecule has 0 spiro atoms. The van der Waals surface area contributed by atoms with Crippen LogP contribution in [0.4, 0.5) is 11.4 Å². The average molecular weight is 352 g/mol. The molecule has 0 aliphatic carbocycles. The van der Waals surface area contributed by atoms with Gasteiger partial charge in [0.1, 0.15) is 0 Å². The van der Waals surface area contributed by atoms with Crippen LogP contribution in [0.2, 0.25) is 0 Å². The molecule has 0 saturated carbocycles. The summed E-state index contributed by atoms with van der Waals surface area (Å²) in [6.07, 6.45) is 0. The number of anilines is 2. The fourth-order valence-corrected chi connectivity index (χ4v) is 4.46. The molecule has 2 aromatic carbocycles. The monoisotopic (exact) mass is 351 g/mol. The van der Waals surface area contributed by atoms with E-state index in [0.717, 1.165) is 11.4 Å². The van der Waals surface area contributed by atoms with Gasteiger partial charge in [0.05, 0.1) is 21.2 Å². The Labute approximate surface area is 127 Å². The van der Waals surface area contributed by atoms with Crippen molar-refractivity contribution < 1.29 is 8.42 Å². The maximum atomic E-state index is 12.7. The number of sulfone groups is 1. The Balaban J connectivity index is 2.30. The van der Waals surface area contributed by atoms with Crippen molar-refractivity contribution in [1.29, 1.82) is 0 Å². The summed E-state index contributed by atoms with van der Waals surface area (Å²) in [5.74, 6) is 0. The highest BCUT2D eigenvalue weighted by atomic mass is 79.9. The summed E-state index contributed by atoms with van der Waals surface area (Å²) in [5, 5.41) is 0. The summed E-state index contributed by atoms with van der Waals surface area (Å²) in [7, 11) is -3.43. The number of alkyl halides is 1. The van der Waals surface area contributed by atoms with Crippen LogP contribution in [-0.4, -0.2) is 19.8 Å². The van der Waals surface area contributed by atoms with Crippen molar-refractivity contribution >= 4 is 37.1 Å². The zero-order valence-electron chi connectivity index (χ0n) is 11.0. The highest BCUT2D eigenvalue weighted by Gasteiger charge is 2.33. The number of nitrogens with zero attached hydrogens (tertiary/aromatic N) is 1. The number of fused-ring (bicyclic) bond motifs is 2. The van der Waals surface area contributed by atoms with E-state index in [1.54, 1.807) is 24.3 Å². The highest BCUT2D eigenvalue weighted by Crippen LogP contribution is 2.43. The van der Waals surface area contributed by atoms with Crippen LogP contribution in [0.5, 0.6) is 0 Å². The molecule has 5 heteroatoms. The van der Waals surface area contributed by atoms with Gasteiger partial charge in [-0.15, -0.1) is 0 Å². The van der Waals surface area contributed by atoms with Gasteiger partial charge in [-0.25, -0.2) is 8.42 Å². The minimum absolute atomic E-state index is 0.254. The third kappa shape index (κ3) is 2.05. The fraction of sp³-hybridized carbons (Fsp3) is 0.200. The smallest absolute Gasteiger partial charge is 0.210 e. The molecule has 0 amide bonds. The Morgan fingerprint density at radius 2 is 1.45 bits per heavy atom. The molecular weight excluding hydrogens is 338 g/mol. The van der Waals surface area contributed by atoms with Crippen molar-refractivity contribution in [1.82, 2.24) is 0 Å². The van der Waals surface area contributed by atoms with Crippen LogP contribution in [0, 0.1) is 0 Å². The van der Waals surface area contributed by atoms with Gasteiger partial charge in [0.25, 0.3) is 0 Å². The first-order valence-electron chi connectivity index (χ1n) is 6.36. The van der Waals surface area contributed by atoms with Gasteiger partial charge in [-0.1, -0.05) is 47.1 Å². The number of hydrogen-bond donors (Lipinski definition) is 0. The van der Waals surface area contributed by atoms with Crippen LogP contribution in [0.25, 0.3) is 0 Å². The van der Waals surface area contributed by atoms with Gasteiger partial charge in [-0.2, -0.15) is 0 Å². The summed E-state index contributed by atoms with van der Waals surface area (Å²) in [4.78, 5) is 3.08. The van der Waals surface area contributed by atoms with Crippen LogP contribution in [-0.2, 0) is 9.84 Å². The highest BCUT2D eigenvalue weighted by molar-refractivity contribution is 9.09. The van der Waals surface area contributed by atoms with E-state index in [4.69, 9.17) is 0 Å². The molecule has 0 radical (unpaired) electrons. The average Bonchev–Trinajstić information content (AvgIpc) is 2.44. The van der Waals surface area contributed by atoms with Crippen molar-refractivity contribution in [2.45, 2.75) is 21.5 Å². The predicted octanol–water partition coefficient (Wildman–Crippen LogP) is 3.75. The minimum atomic E-state index is -3.43. The summed E-state index contributed by atoms with van der Waals surface area (Å²) in [6, 6.07) is 14.3. The molecule has 20 heavy (non-hydrogen) atoms. The van der Waals surface area contributed by atoms with Crippen LogP contribution < -0.4 is 4.90 Å². The molecule has 0 saturated heterocycles. The Bertz CT molecular complexity index is 702. The van der Waals surface area contributed by atoms with Gasteiger partial charge < -0.3 is 4.90 Å². The van der Waals surface area contributed by atoms with Crippen molar-refractivity contribution in [2.24, 2.45) is 0 Å². The third-order valence-electron chi connectivity index (χ3n) is 3.33. The van der Waals surface area contributed by atoms with E-state index in [1.807, 2.05) is 31.2 Å². The molecule has 1 aliphatic rings. The molecule has 1 aliphatic heterocycles. The van der Waals surface area contributed by atoms with E-state index in [0.29, 0.717) is 16.3 Å². The normalized spacial score (nSPS) is 17.2. The summed E-state index contributed by atoms with van der Waals surface area (Å²) in [5.41, 5.74) is 1.50. The zero-order chi connectivity index (χ0) is 14.3. The van der Waals surface area contributed by atoms with E-state index in [-0.39, 0.29) is 4.83 Å². The Morgan fingerprint density at radius 1 is 1.00 bits per heavy atom. The van der Waals surface area contributed by atoms with Crippen molar-refractivity contribution in [2.75, 3.05) is 11.4 Å². The Hall–Kier alpha value is -1.33. The van der Waals surface area contributed by atoms with Crippen LogP contribution >= 0.6 is 15.9 Å². The molecule has 0 bridgehead atoms. The van der Waals surface area contributed by atoms with Gasteiger partial charge in [0.2, 0.25) is 9.84 Å². The van der Waals surface area contributed by atoms with Gasteiger partial charge >= 0.3 is 0 Å². The number of halogens is 1. The van der Waals surface area contributed by atoms with Crippen LogP contribution in [0.15, 0.2) is 58.3 Å². The SMILES string of the molecule is CC(Br)CN1c2ccccc2S(=O)(=O)c2ccccc21. The maximum absolute atomic E-state index is 12.7. The molecule has 1 atom stereocenters. The molecule has 1 unspecified atom stereocenters. The van der Waals surface area contributed by atoms with E-state index >= 15 is 0 Å². The number of rotatable bonds is 2. The molecule has 3 nitrogen and oxygen atoms in total. The molecule has 0 fully saturated rings. The second kappa shape index (κ2) is 4.90. The standard InChI is InChI=1S/C15H14BrNO2S/c1-11(16)10-17-12-6-2-4-8-14(12)20(18,19)15-9-5-3-7-13(15)17/h2-9,11H,10H2,1H3. The lowest BCUT2D eigenvalue weighted by atomic mass is 10.2. The van der Waals surface area contributed by atoms with E-state index in [2.05, 4.69) is 20.8 Å². The second-order valence-electron chi connectivity index (χ2n) is 4.83. The minimum Gasteiger partial charge on any atom is -0.338 e. The molecule has 0 aromatic heterocycles. The van der Waals surface area contributed by atoms with Crippen molar-refractivity contribution in [3.8, 4) is 0 Å². The van der Waals surface area contributed by atoms with Gasteiger partial charge in [0.15, 0.2) is 0 Å². The molecule has 1 heterocycles. The van der Waals surface area contributed by atoms with E-state index < -0.39 is 9.84 Å². The first-order valence-corrected chi connectivity index (χ1v) is 8.76. The first kappa shape index (κ1) is 13.6. The summed E-state index contributed by atoms with van der Waals surface area (Å²) in [6.45, 7) is 2.76. The zero-order valence-corrected chi connectivity index (χ0v) is 13.4. The van der Waals surface area contributed by atoms with Crippen molar-refractivity contribution in [3.05, 3.63) is 48.5 Å². The van der Waals surface area contributed by atoms with Crippen LogP contribution in [0.1, 0.15) is 6.92 Å². The van der Waals surface area contributed by atoms with Crippen molar-refractivity contribution in [3.63, 3.8) is 0 Å². The largest absolute Gasteiger partial charge is 0.338 e. The van der Waals surface area contributed by atoms with E-state index in [1.165, 1.54) is 0 Å². The fourth-order valence-electron chi connectivity index (χ4n) is 2.51. The number of benzene rings is 2. The second-order valence-corrected chi connectivity index (χ2v) is 8.28. The topological polar surface area (TPSA) is 37.4 Å². The predicted molar refractivity (Wildman–Crippen MR) is 83.7 cm³/mol. The lowest BCUT2D eigenvalue weighted by Crippen LogP contribution is -2.30. The first-order chi connectivity index (χ1) is 9.51. The molecule has 3 rings (SSSR count). The van der Waals surface area contributed by atoms with E-state index in [9.17, 15) is 8.42 Å². The quantitative estimate of drug-likeness (QED) is 0.773.